The minimum atomic E-state index is -3.48. The van der Waals surface area contributed by atoms with E-state index in [1.54, 1.807) is 13.8 Å². The summed E-state index contributed by atoms with van der Waals surface area (Å²) in [6.07, 6.45) is 0. The Hall–Kier alpha value is -4.00. The number of hydrogen-bond acceptors (Lipinski definition) is 8. The van der Waals surface area contributed by atoms with Crippen LogP contribution in [0.25, 0.3) is 83.5 Å². The van der Waals surface area contributed by atoms with Gasteiger partial charge in [0.05, 0.1) is 11.5 Å². The minimum Gasteiger partial charge on any atom is -0.196 e. The van der Waals surface area contributed by atoms with Gasteiger partial charge in [-0.1, -0.05) is 0 Å². The topological polar surface area (TPSA) is 0 Å². The molecular formula is C68H24F20I4S8. The molecule has 8 heterocycles. The first-order chi connectivity index (χ1) is 46.5. The highest BCUT2D eigenvalue weighted by molar-refractivity contribution is 14.1. The number of rotatable bonds is 0. The molecule has 8 aliphatic rings. The zero-order chi connectivity index (χ0) is 71.5. The van der Waals surface area contributed by atoms with Gasteiger partial charge in [-0.15, -0.1) is 90.7 Å². The molecule has 0 amide bonds. The number of hydrogen-bond donors (Lipinski definition) is 0. The molecule has 32 heteroatoms. The van der Waals surface area contributed by atoms with Crippen molar-refractivity contribution in [2.75, 3.05) is 0 Å². The first kappa shape index (κ1) is 69.1. The lowest BCUT2D eigenvalue weighted by atomic mass is 9.88. The van der Waals surface area contributed by atoms with Crippen LogP contribution in [0.2, 0.25) is 0 Å². The van der Waals surface area contributed by atoms with Gasteiger partial charge in [0.1, 0.15) is 0 Å². The highest BCUT2D eigenvalue weighted by Crippen LogP contribution is 2.69. The van der Waals surface area contributed by atoms with Gasteiger partial charge in [-0.05, 0) is 213 Å². The fourth-order valence-electron chi connectivity index (χ4n) is 15.1. The van der Waals surface area contributed by atoms with E-state index in [1.165, 1.54) is 95.6 Å². The normalized spacial score (nSPS) is 18.0. The molecule has 0 radical (unpaired) electrons. The van der Waals surface area contributed by atoms with Crippen molar-refractivity contribution in [3.05, 3.63) is 216 Å². The molecule has 0 saturated carbocycles. The predicted molar refractivity (Wildman–Crippen MR) is 386 cm³/mol. The smallest absolute Gasteiger partial charge is 0.196 e. The van der Waals surface area contributed by atoms with E-state index in [0.29, 0.717) is 76.0 Å². The van der Waals surface area contributed by atoms with E-state index in [0.717, 1.165) is 47.9 Å². The lowest BCUT2D eigenvalue weighted by Crippen LogP contribution is -2.17. The van der Waals surface area contributed by atoms with Crippen LogP contribution in [-0.2, 0) is 47.4 Å². The molecule has 0 atom stereocenters. The summed E-state index contributed by atoms with van der Waals surface area (Å²) in [5.74, 6) is -26.5. The van der Waals surface area contributed by atoms with Gasteiger partial charge in [0.15, 0.2) is 20.5 Å². The van der Waals surface area contributed by atoms with Crippen LogP contribution in [0.3, 0.4) is 0 Å². The first-order valence-electron chi connectivity index (χ1n) is 28.7. The average Bonchev–Trinajstić information content (AvgIpc) is 1.39. The second-order valence-corrected chi connectivity index (χ2v) is 40.1. The van der Waals surface area contributed by atoms with Crippen molar-refractivity contribution in [3.63, 3.8) is 0 Å². The molecule has 0 nitrogen and oxygen atoms in total. The van der Waals surface area contributed by atoms with Crippen LogP contribution in [0, 0.1) is 59.8 Å². The second kappa shape index (κ2) is 21.9. The summed E-state index contributed by atoms with van der Waals surface area (Å²) >= 11 is 15.0. The van der Waals surface area contributed by atoms with Crippen LogP contribution in [0.4, 0.5) is 87.8 Å². The minimum absolute atomic E-state index is 0.00492. The summed E-state index contributed by atoms with van der Waals surface area (Å²) in [6, 6.07) is 13.4. The SMILES string of the molecule is Cc1c2c(c(C)c3c1C(F)(F)c1cc(F)sc1-3)C(F)(F)c1cc(F)sc1-2.Cc1c2c(c(C)c3c1C(F)(F)c1cc(I)sc1-3)C(F)(F)c1cc(I)sc1-2.FC1(F)c2cc3c(cc2-c2sc(I)cc21)C(F)(F)c1cc(I)sc1-3.Fc1cc2c(s1)-c1cc3c(cc1C2(F)F)-c1sc(F)cc1C3(F)F. The van der Waals surface area contributed by atoms with Crippen molar-refractivity contribution in [2.45, 2.75) is 75.1 Å². The van der Waals surface area contributed by atoms with Gasteiger partial charge < -0.3 is 0 Å². The maximum atomic E-state index is 15.2. The third kappa shape index (κ3) is 9.03. The molecule has 0 saturated heterocycles. The number of thiophene rings is 8. The van der Waals surface area contributed by atoms with Gasteiger partial charge >= 0.3 is 47.4 Å². The van der Waals surface area contributed by atoms with Gasteiger partial charge in [0.25, 0.3) is 0 Å². The number of fused-ring (bicyclic) bond motifs is 24. The quantitative estimate of drug-likeness (QED) is 0.105. The van der Waals surface area contributed by atoms with Crippen molar-refractivity contribution in [3.8, 4) is 83.5 Å². The molecule has 12 aromatic rings. The molecule has 0 aliphatic heterocycles. The van der Waals surface area contributed by atoms with Gasteiger partial charge in [0.2, 0.25) is 0 Å². The van der Waals surface area contributed by atoms with Crippen molar-refractivity contribution < 1.29 is 87.8 Å². The molecule has 0 bridgehead atoms. The maximum Gasteiger partial charge on any atom is 0.300 e. The average molecular weight is 1990 g/mol. The Morgan fingerprint density at radius 3 is 0.630 bits per heavy atom. The summed E-state index contributed by atoms with van der Waals surface area (Å²) in [7, 11) is 0. The summed E-state index contributed by atoms with van der Waals surface area (Å²) in [6.45, 7) is 5.82. The van der Waals surface area contributed by atoms with Crippen LogP contribution >= 0.6 is 181 Å². The monoisotopic (exact) mass is 1980 g/mol. The molecule has 100 heavy (non-hydrogen) atoms. The van der Waals surface area contributed by atoms with Gasteiger partial charge in [-0.25, -0.2) is 0 Å². The Labute approximate surface area is 636 Å². The predicted octanol–water partition coefficient (Wildman–Crippen LogP) is 28.4. The summed E-state index contributed by atoms with van der Waals surface area (Å²) < 4.78 is 295. The number of benzene rings is 4. The summed E-state index contributed by atoms with van der Waals surface area (Å²) in [5.41, 5.74) is -3.01. The van der Waals surface area contributed by atoms with E-state index in [-0.39, 0.29) is 131 Å². The van der Waals surface area contributed by atoms with E-state index >= 15 is 35.1 Å². The highest BCUT2D eigenvalue weighted by atomic mass is 127. The van der Waals surface area contributed by atoms with E-state index in [4.69, 9.17) is 0 Å². The Morgan fingerprint density at radius 1 is 0.220 bits per heavy atom. The molecule has 8 aliphatic carbocycles. The standard InChI is InChI=1S/C18H8F6S2.C18H8F4I2S2.C16H4F6S2.C16H4F4I2S2/c1-5-11-14(18(23,24)7-3-9(19)25-15(7)11)6(2)12-13(5)17(21,22)8-4-10(20)26-16(8)12;1-5-11-14(18(21,22)7-3-9(23)25-15(7)11)6(2)12-13(5)17(19,20)8-4-10(24)26-16(8)12;17-11-3-9-13(23-11)5-1-7-6(2-8(5)16(9,21)22)14-10(15(7,19)20)4-12(18)24-14;17-15(18)7-1-5-8(2-6(7)14-10(15)4-12(22)24-14)16(19,20)9-3-11(21)23-13(5)9/h2*3-4H,1-2H3;2*1-4H. The zero-order valence-electron chi connectivity index (χ0n) is 49.3. The van der Waals surface area contributed by atoms with Gasteiger partial charge in [-0.3, -0.25) is 0 Å². The van der Waals surface area contributed by atoms with E-state index < -0.39 is 101 Å². The zero-order valence-corrected chi connectivity index (χ0v) is 64.4. The van der Waals surface area contributed by atoms with Crippen LogP contribution in [0.15, 0.2) is 72.8 Å². The summed E-state index contributed by atoms with van der Waals surface area (Å²) in [5, 5.41) is -3.16. The van der Waals surface area contributed by atoms with E-state index in [9.17, 15) is 52.7 Å². The summed E-state index contributed by atoms with van der Waals surface area (Å²) in [4.78, 5) is 1.58. The molecule has 4 aromatic carbocycles. The molecule has 0 unspecified atom stereocenters. The molecule has 20 rings (SSSR count). The third-order valence-corrected chi connectivity index (χ3v) is 30.6. The van der Waals surface area contributed by atoms with Crippen LogP contribution in [0.5, 0.6) is 0 Å². The van der Waals surface area contributed by atoms with Crippen molar-refractivity contribution in [1.82, 2.24) is 0 Å². The molecule has 0 spiro atoms. The van der Waals surface area contributed by atoms with Crippen molar-refractivity contribution in [1.29, 1.82) is 0 Å². The molecule has 8 aromatic heterocycles. The Kier molecular flexibility index (Phi) is 15.1. The molecular weight excluding hydrogens is 1960 g/mol. The third-order valence-electron chi connectivity index (χ3n) is 19.1. The molecule has 512 valence electrons. The lowest BCUT2D eigenvalue weighted by Gasteiger charge is -2.22. The number of halogens is 24. The van der Waals surface area contributed by atoms with Crippen molar-refractivity contribution in [2.24, 2.45) is 0 Å². The highest BCUT2D eigenvalue weighted by Gasteiger charge is 2.59. The Morgan fingerprint density at radius 2 is 0.390 bits per heavy atom. The van der Waals surface area contributed by atoms with Crippen LogP contribution in [0.1, 0.15) is 111 Å². The second-order valence-electron chi connectivity index (χ2n) is 24.3. The maximum absolute atomic E-state index is 15.2. The molecule has 0 fully saturated rings. The van der Waals surface area contributed by atoms with E-state index in [1.807, 2.05) is 90.4 Å². The van der Waals surface area contributed by atoms with Gasteiger partial charge in [-0.2, -0.15) is 87.8 Å². The largest absolute Gasteiger partial charge is 0.300 e. The first-order valence-corrected chi connectivity index (χ1v) is 39.6. The lowest BCUT2D eigenvalue weighted by molar-refractivity contribution is 0.0441. The fraction of sp³-hybridized carbons (Fsp3) is 0.176. The van der Waals surface area contributed by atoms with Crippen LogP contribution in [-0.4, -0.2) is 0 Å². The van der Waals surface area contributed by atoms with Crippen molar-refractivity contribution >= 4 is 181 Å². The van der Waals surface area contributed by atoms with Crippen LogP contribution < -0.4 is 0 Å². The Bertz CT molecular complexity index is 5070. The van der Waals surface area contributed by atoms with Gasteiger partial charge in [0, 0.05) is 173 Å². The van der Waals surface area contributed by atoms with E-state index in [2.05, 4.69) is 0 Å². The Balaban J connectivity index is 0.0000000997. The fourth-order valence-corrected chi connectivity index (χ4v) is 26.9. The number of alkyl halides is 16. The molecule has 0 N–H and O–H groups in total.